The lowest BCUT2D eigenvalue weighted by molar-refractivity contribution is -0.274. The van der Waals surface area contributed by atoms with E-state index >= 15 is 0 Å². The van der Waals surface area contributed by atoms with Crippen LogP contribution in [-0.4, -0.2) is 37.8 Å². The number of ether oxygens (including phenoxy) is 2. The summed E-state index contributed by atoms with van der Waals surface area (Å²) >= 11 is 0. The van der Waals surface area contributed by atoms with Crippen molar-refractivity contribution >= 4 is 15.7 Å². The number of rotatable bonds is 5. The third-order valence-corrected chi connectivity index (χ3v) is 4.90. The van der Waals surface area contributed by atoms with Crippen LogP contribution in [0.1, 0.15) is 12.5 Å². The van der Waals surface area contributed by atoms with Gasteiger partial charge in [-0.25, -0.2) is 8.42 Å². The Morgan fingerprint density at radius 1 is 1.28 bits per heavy atom. The molecule has 1 N–H and O–H groups in total. The van der Waals surface area contributed by atoms with E-state index < -0.39 is 22.1 Å². The smallest absolute Gasteiger partial charge is 0.406 e. The van der Waals surface area contributed by atoms with Crippen LogP contribution in [0.25, 0.3) is 0 Å². The van der Waals surface area contributed by atoms with Crippen LogP contribution < -0.4 is 9.46 Å². The molecule has 7 nitrogen and oxygen atoms in total. The lowest BCUT2D eigenvalue weighted by Gasteiger charge is -2.10. The van der Waals surface area contributed by atoms with Crippen LogP contribution in [0.3, 0.4) is 0 Å². The first kappa shape index (κ1) is 17.5. The molecule has 1 aliphatic heterocycles. The molecule has 0 spiro atoms. The highest BCUT2D eigenvalue weighted by molar-refractivity contribution is 7.92. The number of nitrogens with zero attached hydrogens (tertiary/aromatic N) is 2. The Hall–Kier alpha value is -2.27. The van der Waals surface area contributed by atoms with Gasteiger partial charge in [-0.05, 0) is 30.7 Å². The standard InChI is InChI=1S/C14H14F3N3O4S/c15-14(16,17)24-12-1-3-13(4-2-12)25(21,22)19-10-7-18-20(8-10)11-5-6-23-9-11/h1-4,7-8,11,19H,5-6,9H2/t11-/m1/s1. The van der Waals surface area contributed by atoms with Crippen molar-refractivity contribution in [2.45, 2.75) is 23.7 Å². The number of nitrogens with one attached hydrogen (secondary N) is 1. The van der Waals surface area contributed by atoms with Crippen molar-refractivity contribution in [2.75, 3.05) is 17.9 Å². The molecule has 2 heterocycles. The summed E-state index contributed by atoms with van der Waals surface area (Å²) in [6.45, 7) is 1.13. The molecule has 2 aromatic rings. The van der Waals surface area contributed by atoms with Crippen LogP contribution in [0.2, 0.25) is 0 Å². The van der Waals surface area contributed by atoms with E-state index in [1.54, 1.807) is 4.68 Å². The molecule has 1 aromatic heterocycles. The third-order valence-electron chi connectivity index (χ3n) is 3.50. The number of halogens is 3. The van der Waals surface area contributed by atoms with Crippen molar-refractivity contribution in [1.29, 1.82) is 0 Å². The monoisotopic (exact) mass is 377 g/mol. The Morgan fingerprint density at radius 3 is 2.60 bits per heavy atom. The fourth-order valence-corrected chi connectivity index (χ4v) is 3.38. The van der Waals surface area contributed by atoms with Crippen LogP contribution in [0.15, 0.2) is 41.6 Å². The first-order valence-electron chi connectivity index (χ1n) is 7.23. The maximum atomic E-state index is 12.3. The van der Waals surface area contributed by atoms with E-state index in [0.29, 0.717) is 13.2 Å². The maximum Gasteiger partial charge on any atom is 0.573 e. The molecule has 3 rings (SSSR count). The molecule has 0 amide bonds. The quantitative estimate of drug-likeness (QED) is 0.866. The first-order valence-corrected chi connectivity index (χ1v) is 8.72. The zero-order valence-corrected chi connectivity index (χ0v) is 13.5. The van der Waals surface area contributed by atoms with E-state index in [-0.39, 0.29) is 16.6 Å². The lowest BCUT2D eigenvalue weighted by Crippen LogP contribution is -2.17. The molecule has 11 heteroatoms. The van der Waals surface area contributed by atoms with Crippen LogP contribution >= 0.6 is 0 Å². The second-order valence-corrected chi connectivity index (χ2v) is 7.03. The van der Waals surface area contributed by atoms with Crippen molar-refractivity contribution in [1.82, 2.24) is 9.78 Å². The Balaban J connectivity index is 1.71. The van der Waals surface area contributed by atoms with E-state index in [4.69, 9.17) is 4.74 Å². The van der Waals surface area contributed by atoms with Crippen LogP contribution in [0.5, 0.6) is 5.75 Å². The van der Waals surface area contributed by atoms with Crippen molar-refractivity contribution in [3.63, 3.8) is 0 Å². The van der Waals surface area contributed by atoms with Crippen molar-refractivity contribution in [3.8, 4) is 5.75 Å². The highest BCUT2D eigenvalue weighted by atomic mass is 32.2. The zero-order chi connectivity index (χ0) is 18.1. The van der Waals surface area contributed by atoms with E-state index in [9.17, 15) is 21.6 Å². The molecule has 136 valence electrons. The molecule has 1 saturated heterocycles. The molecule has 1 atom stereocenters. The molecule has 25 heavy (non-hydrogen) atoms. The number of alkyl halides is 3. The second-order valence-electron chi connectivity index (χ2n) is 5.35. The molecular formula is C14H14F3N3O4S. The lowest BCUT2D eigenvalue weighted by atomic mass is 10.3. The average molecular weight is 377 g/mol. The molecule has 0 aliphatic carbocycles. The second kappa shape index (κ2) is 6.56. The highest BCUT2D eigenvalue weighted by Gasteiger charge is 2.31. The van der Waals surface area contributed by atoms with Crippen LogP contribution in [0, 0.1) is 0 Å². The van der Waals surface area contributed by atoms with Crippen LogP contribution in [0.4, 0.5) is 18.9 Å². The topological polar surface area (TPSA) is 82.5 Å². The summed E-state index contributed by atoms with van der Waals surface area (Å²) in [6.07, 6.45) is -1.15. The van der Waals surface area contributed by atoms with Gasteiger partial charge in [0.1, 0.15) is 5.75 Å². The van der Waals surface area contributed by atoms with Gasteiger partial charge in [0, 0.05) is 12.8 Å². The third kappa shape index (κ3) is 4.42. The van der Waals surface area contributed by atoms with Gasteiger partial charge in [-0.2, -0.15) is 5.10 Å². The largest absolute Gasteiger partial charge is 0.573 e. The minimum Gasteiger partial charge on any atom is -0.406 e. The zero-order valence-electron chi connectivity index (χ0n) is 12.7. The van der Waals surface area contributed by atoms with Crippen molar-refractivity contribution < 1.29 is 31.1 Å². The summed E-state index contributed by atoms with van der Waals surface area (Å²) in [4.78, 5) is -0.195. The molecule has 0 unspecified atom stereocenters. The molecule has 0 radical (unpaired) electrons. The van der Waals surface area contributed by atoms with Crippen molar-refractivity contribution in [3.05, 3.63) is 36.7 Å². The van der Waals surface area contributed by atoms with Gasteiger partial charge in [0.2, 0.25) is 0 Å². The molecular weight excluding hydrogens is 363 g/mol. The summed E-state index contributed by atoms with van der Waals surface area (Å²) in [5.74, 6) is -0.500. The predicted octanol–water partition coefficient (Wildman–Crippen LogP) is 2.54. The molecule has 1 aliphatic rings. The van der Waals surface area contributed by atoms with Gasteiger partial charge in [0.05, 0.1) is 29.4 Å². The van der Waals surface area contributed by atoms with E-state index in [0.717, 1.165) is 30.7 Å². The number of hydrogen-bond acceptors (Lipinski definition) is 5. The summed E-state index contributed by atoms with van der Waals surface area (Å²) in [5.41, 5.74) is 0.252. The van der Waals surface area contributed by atoms with Gasteiger partial charge in [-0.1, -0.05) is 0 Å². The fraction of sp³-hybridized carbons (Fsp3) is 0.357. The summed E-state index contributed by atoms with van der Waals surface area (Å²) in [6, 6.07) is 3.97. The summed E-state index contributed by atoms with van der Waals surface area (Å²) in [5, 5.41) is 4.10. The number of anilines is 1. The Labute approximate surface area is 141 Å². The Kier molecular flexibility index (Phi) is 4.60. The molecule has 0 bridgehead atoms. The molecule has 1 fully saturated rings. The summed E-state index contributed by atoms with van der Waals surface area (Å²) < 4.78 is 73.9. The SMILES string of the molecule is O=S(=O)(Nc1cnn([C@@H]2CCOC2)c1)c1ccc(OC(F)(F)F)cc1. The van der Waals surface area contributed by atoms with E-state index in [1.807, 2.05) is 0 Å². The number of benzene rings is 1. The van der Waals surface area contributed by atoms with Crippen LogP contribution in [-0.2, 0) is 14.8 Å². The Morgan fingerprint density at radius 2 is 2.00 bits per heavy atom. The van der Waals surface area contributed by atoms with E-state index in [2.05, 4.69) is 14.6 Å². The molecule has 0 saturated carbocycles. The minimum absolute atomic E-state index is 0.0528. The maximum absolute atomic E-state index is 12.3. The fourth-order valence-electron chi connectivity index (χ4n) is 2.36. The van der Waals surface area contributed by atoms with Crippen molar-refractivity contribution in [2.24, 2.45) is 0 Å². The van der Waals surface area contributed by atoms with Gasteiger partial charge >= 0.3 is 6.36 Å². The van der Waals surface area contributed by atoms with Gasteiger partial charge in [0.15, 0.2) is 0 Å². The first-order chi connectivity index (χ1) is 11.7. The Bertz CT molecular complexity index is 828. The van der Waals surface area contributed by atoms with Gasteiger partial charge < -0.3 is 9.47 Å². The summed E-state index contributed by atoms with van der Waals surface area (Å²) in [7, 11) is -3.96. The van der Waals surface area contributed by atoms with Gasteiger partial charge in [-0.3, -0.25) is 9.40 Å². The molecule has 1 aromatic carbocycles. The number of sulfonamides is 1. The normalized spacial score (nSPS) is 18.3. The number of hydrogen-bond donors (Lipinski definition) is 1. The highest BCUT2D eigenvalue weighted by Crippen LogP contribution is 2.25. The minimum atomic E-state index is -4.84. The van der Waals surface area contributed by atoms with E-state index in [1.165, 1.54) is 12.4 Å². The predicted molar refractivity (Wildman–Crippen MR) is 80.6 cm³/mol. The average Bonchev–Trinajstić information content (AvgIpc) is 3.16. The van der Waals surface area contributed by atoms with Gasteiger partial charge in [0.25, 0.3) is 10.0 Å². The number of aromatic nitrogens is 2. The van der Waals surface area contributed by atoms with Gasteiger partial charge in [-0.15, -0.1) is 13.2 Å².